The number of anilines is 1. The quantitative estimate of drug-likeness (QED) is 0.286. The molecule has 6 nitrogen and oxygen atoms in total. The molecule has 0 radical (unpaired) electrons. The van der Waals surface area contributed by atoms with Gasteiger partial charge in [-0.3, -0.25) is 14.2 Å². The van der Waals surface area contributed by atoms with Gasteiger partial charge in [-0.05, 0) is 49.6 Å². The number of thioether (sulfide) groups is 1. The second-order valence-corrected chi connectivity index (χ2v) is 9.86. The third-order valence-corrected chi connectivity index (χ3v) is 7.69. The van der Waals surface area contributed by atoms with Crippen molar-refractivity contribution in [1.29, 1.82) is 0 Å². The number of hydrogen-bond acceptors (Lipinski definition) is 5. The molecule has 0 spiro atoms. The maximum Gasteiger partial charge on any atom is 0.271 e. The van der Waals surface area contributed by atoms with Crippen molar-refractivity contribution in [3.63, 3.8) is 0 Å². The van der Waals surface area contributed by atoms with Gasteiger partial charge in [-0.2, -0.15) is 0 Å². The van der Waals surface area contributed by atoms with Crippen molar-refractivity contribution in [2.45, 2.75) is 30.8 Å². The highest BCUT2D eigenvalue weighted by molar-refractivity contribution is 8.00. The molecule has 5 rings (SSSR count). The van der Waals surface area contributed by atoms with Gasteiger partial charge >= 0.3 is 0 Å². The van der Waals surface area contributed by atoms with Crippen LogP contribution in [0.2, 0.25) is 0 Å². The smallest absolute Gasteiger partial charge is 0.271 e. The number of nitrogens with one attached hydrogen (secondary N) is 1. The van der Waals surface area contributed by atoms with Crippen molar-refractivity contribution in [1.82, 2.24) is 14.1 Å². The minimum absolute atomic E-state index is 0.0853. The maximum absolute atomic E-state index is 12.9. The number of amides is 1. The van der Waals surface area contributed by atoms with E-state index in [1.807, 2.05) is 42.6 Å². The van der Waals surface area contributed by atoms with Crippen molar-refractivity contribution in [2.24, 2.45) is 7.05 Å². The molecule has 1 N–H and O–H groups in total. The van der Waals surface area contributed by atoms with Crippen molar-refractivity contribution in [3.8, 4) is 0 Å². The topological polar surface area (TPSA) is 68.9 Å². The number of fused-ring (bicyclic) bond motifs is 4. The third-order valence-electron chi connectivity index (χ3n) is 5.65. The molecule has 0 fully saturated rings. The fourth-order valence-corrected chi connectivity index (χ4v) is 5.68. The number of para-hydroxylation sites is 1. The van der Waals surface area contributed by atoms with E-state index in [0.717, 1.165) is 23.1 Å². The lowest BCUT2D eigenvalue weighted by molar-refractivity contribution is -0.115. The van der Waals surface area contributed by atoms with Gasteiger partial charge in [-0.15, -0.1) is 11.3 Å². The van der Waals surface area contributed by atoms with E-state index in [1.54, 1.807) is 7.05 Å². The Kier molecular flexibility index (Phi) is 5.27. The fourth-order valence-electron chi connectivity index (χ4n) is 4.00. The van der Waals surface area contributed by atoms with Crippen LogP contribution in [0.15, 0.2) is 63.9 Å². The van der Waals surface area contributed by atoms with Crippen LogP contribution in [-0.2, 0) is 18.4 Å². The number of hydrogen-bond donors (Lipinski definition) is 1. The van der Waals surface area contributed by atoms with Crippen LogP contribution < -0.4 is 10.9 Å². The summed E-state index contributed by atoms with van der Waals surface area (Å²) in [4.78, 5) is 30.0. The van der Waals surface area contributed by atoms with Crippen LogP contribution in [0.4, 0.5) is 5.69 Å². The van der Waals surface area contributed by atoms with Crippen molar-refractivity contribution >= 4 is 66.7 Å². The summed E-state index contributed by atoms with van der Waals surface area (Å²) in [5, 5.41) is 7.29. The van der Waals surface area contributed by atoms with Gasteiger partial charge in [0.2, 0.25) is 5.91 Å². The summed E-state index contributed by atoms with van der Waals surface area (Å²) in [6.07, 6.45) is 0. The monoisotopic (exact) mass is 462 g/mol. The minimum atomic E-state index is -0.420. The second kappa shape index (κ2) is 8.11. The van der Waals surface area contributed by atoms with Crippen molar-refractivity contribution < 1.29 is 4.79 Å². The Morgan fingerprint density at radius 2 is 1.94 bits per heavy atom. The highest BCUT2D eigenvalue weighted by Gasteiger charge is 2.19. The first kappa shape index (κ1) is 20.8. The van der Waals surface area contributed by atoms with Gasteiger partial charge in [-0.1, -0.05) is 30.0 Å². The number of benzene rings is 2. The van der Waals surface area contributed by atoms with E-state index in [9.17, 15) is 9.59 Å². The molecule has 0 saturated carbocycles. The van der Waals surface area contributed by atoms with Gasteiger partial charge in [0.05, 0.1) is 10.8 Å². The highest BCUT2D eigenvalue weighted by atomic mass is 32.2. The van der Waals surface area contributed by atoms with E-state index in [0.29, 0.717) is 15.4 Å². The summed E-state index contributed by atoms with van der Waals surface area (Å²) >= 11 is 2.67. The number of nitrogens with zero attached hydrogens (tertiary/aromatic N) is 3. The number of aryl methyl sites for hydroxylation is 1. The zero-order valence-corrected chi connectivity index (χ0v) is 19.6. The van der Waals surface area contributed by atoms with Crippen LogP contribution in [0.5, 0.6) is 0 Å². The predicted octanol–water partition coefficient (Wildman–Crippen LogP) is 5.24. The van der Waals surface area contributed by atoms with E-state index in [-0.39, 0.29) is 11.5 Å². The molecule has 0 aliphatic carbocycles. The lowest BCUT2D eigenvalue weighted by atomic mass is 10.1. The lowest BCUT2D eigenvalue weighted by Gasteiger charge is -2.14. The van der Waals surface area contributed by atoms with Gasteiger partial charge in [0.15, 0.2) is 5.16 Å². The first-order chi connectivity index (χ1) is 15.5. The van der Waals surface area contributed by atoms with Crippen LogP contribution in [-0.4, -0.2) is 25.3 Å². The molecule has 2 aromatic carbocycles. The van der Waals surface area contributed by atoms with Crippen LogP contribution in [0, 0.1) is 0 Å². The number of aromatic nitrogens is 3. The molecule has 0 saturated heterocycles. The predicted molar refractivity (Wildman–Crippen MR) is 134 cm³/mol. The second-order valence-electron chi connectivity index (χ2n) is 7.64. The standard InChI is InChI=1S/C24H22N4O2S2/c1-4-28-19-8-6-5-7-16(19)17-13-15(9-10-20(17)28)25-22(29)14(2)32-24-26-18-11-12-31-21(18)23(30)27(24)3/h5-14H,4H2,1-3H3,(H,25,29). The Labute approximate surface area is 192 Å². The molecule has 1 atom stereocenters. The molecule has 5 aromatic rings. The molecular formula is C24H22N4O2S2. The normalized spacial score (nSPS) is 12.6. The Balaban J connectivity index is 1.42. The summed E-state index contributed by atoms with van der Waals surface area (Å²) in [6, 6.07) is 16.2. The van der Waals surface area contributed by atoms with Gasteiger partial charge in [0.25, 0.3) is 5.56 Å². The lowest BCUT2D eigenvalue weighted by Crippen LogP contribution is -2.25. The molecule has 1 unspecified atom stereocenters. The number of rotatable bonds is 5. The SMILES string of the molecule is CCn1c2ccccc2c2cc(NC(=O)C(C)Sc3nc4ccsc4c(=O)n3C)ccc21. The Hall–Kier alpha value is -3.10. The summed E-state index contributed by atoms with van der Waals surface area (Å²) < 4.78 is 4.42. The minimum Gasteiger partial charge on any atom is -0.341 e. The van der Waals surface area contributed by atoms with E-state index < -0.39 is 5.25 Å². The molecular weight excluding hydrogens is 440 g/mol. The van der Waals surface area contributed by atoms with E-state index >= 15 is 0 Å². The van der Waals surface area contributed by atoms with Crippen molar-refractivity contribution in [3.05, 3.63) is 64.3 Å². The molecule has 3 heterocycles. The molecule has 162 valence electrons. The molecule has 1 amide bonds. The summed E-state index contributed by atoms with van der Waals surface area (Å²) in [7, 11) is 1.69. The van der Waals surface area contributed by atoms with Crippen LogP contribution in [0.25, 0.3) is 32.0 Å². The molecule has 0 aliphatic heterocycles. The average molecular weight is 463 g/mol. The van der Waals surface area contributed by atoms with Crippen molar-refractivity contribution in [2.75, 3.05) is 5.32 Å². The molecule has 32 heavy (non-hydrogen) atoms. The zero-order chi connectivity index (χ0) is 22.4. The number of carbonyl (C=O) groups excluding carboxylic acids is 1. The first-order valence-electron chi connectivity index (χ1n) is 10.4. The molecule has 3 aromatic heterocycles. The zero-order valence-electron chi connectivity index (χ0n) is 18.0. The Morgan fingerprint density at radius 3 is 2.75 bits per heavy atom. The number of carbonyl (C=O) groups is 1. The molecule has 8 heteroatoms. The summed E-state index contributed by atoms with van der Waals surface area (Å²) in [5.74, 6) is -0.131. The first-order valence-corrected chi connectivity index (χ1v) is 12.2. The van der Waals surface area contributed by atoms with Crippen LogP contribution >= 0.6 is 23.1 Å². The fraction of sp³-hybridized carbons (Fsp3) is 0.208. The van der Waals surface area contributed by atoms with Gasteiger partial charge < -0.3 is 9.88 Å². The molecule has 0 aliphatic rings. The Bertz CT molecular complexity index is 1550. The van der Waals surface area contributed by atoms with Gasteiger partial charge in [0.1, 0.15) is 4.70 Å². The van der Waals surface area contributed by atoms with Gasteiger partial charge in [-0.25, -0.2) is 4.98 Å². The average Bonchev–Trinajstić information content (AvgIpc) is 3.39. The van der Waals surface area contributed by atoms with E-state index in [1.165, 1.54) is 38.6 Å². The molecule has 0 bridgehead atoms. The Morgan fingerprint density at radius 1 is 1.16 bits per heavy atom. The maximum atomic E-state index is 12.9. The summed E-state index contributed by atoms with van der Waals surface area (Å²) in [6.45, 7) is 4.84. The van der Waals surface area contributed by atoms with E-state index in [2.05, 4.69) is 40.0 Å². The van der Waals surface area contributed by atoms with Gasteiger partial charge in [0, 0.05) is 41.1 Å². The van der Waals surface area contributed by atoms with Crippen LogP contribution in [0.3, 0.4) is 0 Å². The largest absolute Gasteiger partial charge is 0.341 e. The highest BCUT2D eigenvalue weighted by Crippen LogP contribution is 2.31. The third kappa shape index (κ3) is 3.40. The van der Waals surface area contributed by atoms with E-state index in [4.69, 9.17) is 0 Å². The number of thiophene rings is 1. The van der Waals surface area contributed by atoms with Crippen LogP contribution in [0.1, 0.15) is 13.8 Å². The summed E-state index contributed by atoms with van der Waals surface area (Å²) in [5.41, 5.74) is 3.68.